The van der Waals surface area contributed by atoms with E-state index in [1.165, 1.54) is 0 Å². The Morgan fingerprint density at radius 3 is 2.47 bits per heavy atom. The van der Waals surface area contributed by atoms with Gasteiger partial charge in [0.1, 0.15) is 5.78 Å². The van der Waals surface area contributed by atoms with Crippen molar-refractivity contribution in [3.8, 4) is 0 Å². The fourth-order valence-electron chi connectivity index (χ4n) is 1.64. The monoisotopic (exact) mass is 264 g/mol. The molecule has 0 saturated heterocycles. The Morgan fingerprint density at radius 1 is 1.26 bits per heavy atom. The van der Waals surface area contributed by atoms with Gasteiger partial charge in [0.25, 0.3) is 0 Å². The number of ether oxygens (including phenoxy) is 1. The Kier molecular flexibility index (Phi) is 6.19. The fraction of sp³-hybridized carbons (Fsp3) is 0.562. The lowest BCUT2D eigenvalue weighted by Crippen LogP contribution is -2.23. The van der Waals surface area contributed by atoms with Crippen LogP contribution in [0.2, 0.25) is 0 Å². The molecular formula is C16H24O3. The minimum atomic E-state index is -0.574. The van der Waals surface area contributed by atoms with Gasteiger partial charge in [-0.2, -0.15) is 0 Å². The fourth-order valence-corrected chi connectivity index (χ4v) is 1.64. The molecule has 1 rings (SSSR count). The maximum Gasteiger partial charge on any atom is 0.138 e. The Bertz CT molecular complexity index is 379. The molecule has 0 bridgehead atoms. The number of aliphatic hydroxyl groups is 1. The molecule has 0 aromatic heterocycles. The van der Waals surface area contributed by atoms with Gasteiger partial charge in [0.15, 0.2) is 0 Å². The molecule has 0 aliphatic rings. The molecule has 0 radical (unpaired) electrons. The number of rotatable bonds is 7. The number of ketones is 1. The first-order valence-corrected chi connectivity index (χ1v) is 6.72. The van der Waals surface area contributed by atoms with Crippen molar-refractivity contribution in [1.82, 2.24) is 0 Å². The van der Waals surface area contributed by atoms with Gasteiger partial charge in [-0.25, -0.2) is 0 Å². The smallest absolute Gasteiger partial charge is 0.138 e. The van der Waals surface area contributed by atoms with Crippen LogP contribution in [0.1, 0.15) is 39.2 Å². The van der Waals surface area contributed by atoms with Crippen molar-refractivity contribution in [1.29, 1.82) is 0 Å². The zero-order valence-electron chi connectivity index (χ0n) is 12.1. The second-order valence-corrected chi connectivity index (χ2v) is 5.87. The molecule has 0 aliphatic heterocycles. The van der Waals surface area contributed by atoms with Crippen LogP contribution < -0.4 is 0 Å². The average Bonchev–Trinajstić information content (AvgIpc) is 2.36. The van der Waals surface area contributed by atoms with E-state index in [0.29, 0.717) is 19.4 Å². The predicted octanol–water partition coefficient (Wildman–Crippen LogP) is 2.96. The van der Waals surface area contributed by atoms with E-state index in [2.05, 4.69) is 0 Å². The SMILES string of the molecule is CC(C)(C)C(=O)CCC(O)COCc1ccccc1. The Morgan fingerprint density at radius 2 is 1.89 bits per heavy atom. The summed E-state index contributed by atoms with van der Waals surface area (Å²) in [6, 6.07) is 9.83. The zero-order chi connectivity index (χ0) is 14.3. The summed E-state index contributed by atoms with van der Waals surface area (Å²) in [5.74, 6) is 0.176. The Balaban J connectivity index is 2.18. The number of Topliss-reactive ketones (excluding diaryl/α,β-unsaturated/α-hetero) is 1. The summed E-state index contributed by atoms with van der Waals surface area (Å²) in [6.45, 7) is 6.45. The minimum absolute atomic E-state index is 0.176. The molecule has 3 nitrogen and oxygen atoms in total. The van der Waals surface area contributed by atoms with E-state index < -0.39 is 6.10 Å². The van der Waals surface area contributed by atoms with Crippen LogP contribution in [0.25, 0.3) is 0 Å². The number of aliphatic hydroxyl groups excluding tert-OH is 1. The van der Waals surface area contributed by atoms with E-state index in [1.54, 1.807) is 0 Å². The highest BCUT2D eigenvalue weighted by molar-refractivity contribution is 5.83. The van der Waals surface area contributed by atoms with Crippen LogP contribution in [-0.2, 0) is 16.1 Å². The van der Waals surface area contributed by atoms with E-state index in [4.69, 9.17) is 4.74 Å². The normalized spacial score (nSPS) is 13.3. The van der Waals surface area contributed by atoms with Crippen molar-refractivity contribution < 1.29 is 14.6 Å². The molecule has 0 spiro atoms. The molecule has 0 heterocycles. The van der Waals surface area contributed by atoms with Gasteiger partial charge < -0.3 is 9.84 Å². The van der Waals surface area contributed by atoms with Gasteiger partial charge in [-0.3, -0.25) is 4.79 Å². The third-order valence-corrected chi connectivity index (χ3v) is 2.96. The molecule has 0 saturated carbocycles. The number of carbonyl (C=O) groups excluding carboxylic acids is 1. The van der Waals surface area contributed by atoms with Crippen molar-refractivity contribution in [2.75, 3.05) is 6.61 Å². The van der Waals surface area contributed by atoms with Crippen molar-refractivity contribution >= 4 is 5.78 Å². The van der Waals surface area contributed by atoms with Crippen LogP contribution >= 0.6 is 0 Å². The Hall–Kier alpha value is -1.19. The van der Waals surface area contributed by atoms with Crippen LogP contribution in [-0.4, -0.2) is 23.6 Å². The molecule has 19 heavy (non-hydrogen) atoms. The number of hydrogen-bond donors (Lipinski definition) is 1. The topological polar surface area (TPSA) is 46.5 Å². The lowest BCUT2D eigenvalue weighted by atomic mass is 9.88. The average molecular weight is 264 g/mol. The van der Waals surface area contributed by atoms with Crippen LogP contribution in [0.4, 0.5) is 0 Å². The first-order chi connectivity index (χ1) is 8.89. The lowest BCUT2D eigenvalue weighted by molar-refractivity contribution is -0.127. The maximum absolute atomic E-state index is 11.7. The van der Waals surface area contributed by atoms with Crippen molar-refractivity contribution in [3.63, 3.8) is 0 Å². The van der Waals surface area contributed by atoms with E-state index >= 15 is 0 Å². The lowest BCUT2D eigenvalue weighted by Gasteiger charge is -2.17. The Labute approximate surface area is 115 Å². The number of carbonyl (C=O) groups is 1. The number of benzene rings is 1. The zero-order valence-corrected chi connectivity index (χ0v) is 12.1. The second kappa shape index (κ2) is 7.41. The van der Waals surface area contributed by atoms with Gasteiger partial charge in [-0.05, 0) is 12.0 Å². The molecule has 1 unspecified atom stereocenters. The first-order valence-electron chi connectivity index (χ1n) is 6.72. The number of hydrogen-bond acceptors (Lipinski definition) is 3. The van der Waals surface area contributed by atoms with E-state index in [1.807, 2.05) is 51.1 Å². The molecule has 1 aromatic rings. The van der Waals surface area contributed by atoms with Crippen LogP contribution in [0.5, 0.6) is 0 Å². The quantitative estimate of drug-likeness (QED) is 0.823. The van der Waals surface area contributed by atoms with Crippen molar-refractivity contribution in [2.45, 2.75) is 46.3 Å². The van der Waals surface area contributed by atoms with Gasteiger partial charge in [0, 0.05) is 11.8 Å². The third kappa shape index (κ3) is 6.50. The largest absolute Gasteiger partial charge is 0.391 e. The molecule has 3 heteroatoms. The standard InChI is InChI=1S/C16H24O3/c1-16(2,3)15(18)10-9-14(17)12-19-11-13-7-5-4-6-8-13/h4-8,14,17H,9-12H2,1-3H3. The predicted molar refractivity (Wildman–Crippen MR) is 75.8 cm³/mol. The summed E-state index contributed by atoms with van der Waals surface area (Å²) >= 11 is 0. The summed E-state index contributed by atoms with van der Waals surface area (Å²) < 4.78 is 5.44. The van der Waals surface area contributed by atoms with E-state index in [0.717, 1.165) is 5.56 Å². The van der Waals surface area contributed by atoms with Crippen LogP contribution in [0.15, 0.2) is 30.3 Å². The summed E-state index contributed by atoms with van der Waals surface area (Å²) in [4.78, 5) is 11.7. The maximum atomic E-state index is 11.7. The highest BCUT2D eigenvalue weighted by atomic mass is 16.5. The van der Waals surface area contributed by atoms with Gasteiger partial charge >= 0.3 is 0 Å². The van der Waals surface area contributed by atoms with Crippen LogP contribution in [0.3, 0.4) is 0 Å². The summed E-state index contributed by atoms with van der Waals surface area (Å²) in [5.41, 5.74) is 0.755. The van der Waals surface area contributed by atoms with Crippen molar-refractivity contribution in [2.24, 2.45) is 5.41 Å². The molecule has 0 fully saturated rings. The van der Waals surface area contributed by atoms with Gasteiger partial charge in [-0.1, -0.05) is 51.1 Å². The third-order valence-electron chi connectivity index (χ3n) is 2.96. The summed E-state index contributed by atoms with van der Waals surface area (Å²) in [7, 11) is 0. The molecule has 1 N–H and O–H groups in total. The molecule has 1 aromatic carbocycles. The van der Waals surface area contributed by atoms with Gasteiger partial charge in [0.05, 0.1) is 19.3 Å². The summed E-state index contributed by atoms with van der Waals surface area (Å²) in [6.07, 6.45) is 0.291. The highest BCUT2D eigenvalue weighted by Gasteiger charge is 2.21. The summed E-state index contributed by atoms with van der Waals surface area (Å²) in [5, 5.41) is 9.76. The van der Waals surface area contributed by atoms with E-state index in [-0.39, 0.29) is 17.8 Å². The molecule has 0 aliphatic carbocycles. The van der Waals surface area contributed by atoms with E-state index in [9.17, 15) is 9.90 Å². The van der Waals surface area contributed by atoms with Crippen molar-refractivity contribution in [3.05, 3.63) is 35.9 Å². The highest BCUT2D eigenvalue weighted by Crippen LogP contribution is 2.18. The molecule has 1 atom stereocenters. The van der Waals surface area contributed by atoms with Gasteiger partial charge in [0.2, 0.25) is 0 Å². The van der Waals surface area contributed by atoms with Gasteiger partial charge in [-0.15, -0.1) is 0 Å². The minimum Gasteiger partial charge on any atom is -0.391 e. The first kappa shape index (κ1) is 15.9. The molecule has 0 amide bonds. The molecular weight excluding hydrogens is 240 g/mol. The second-order valence-electron chi connectivity index (χ2n) is 5.87. The molecule has 106 valence electrons. The van der Waals surface area contributed by atoms with Crippen LogP contribution in [0, 0.1) is 5.41 Å².